The van der Waals surface area contributed by atoms with Gasteiger partial charge in [-0.25, -0.2) is 4.98 Å². The van der Waals surface area contributed by atoms with Crippen molar-refractivity contribution in [2.24, 2.45) is 10.2 Å². The van der Waals surface area contributed by atoms with Crippen LogP contribution in [0.3, 0.4) is 0 Å². The van der Waals surface area contributed by atoms with Crippen LogP contribution in [0, 0.1) is 0 Å². The van der Waals surface area contributed by atoms with E-state index in [0.717, 1.165) is 13.0 Å². The Balaban J connectivity index is 1.34. The van der Waals surface area contributed by atoms with E-state index in [1.54, 1.807) is 18.5 Å². The number of dihydropyridines is 1. The summed E-state index contributed by atoms with van der Waals surface area (Å²) in [6.07, 6.45) is 3.40. The van der Waals surface area contributed by atoms with Crippen molar-refractivity contribution in [3.63, 3.8) is 0 Å². The lowest BCUT2D eigenvalue weighted by Gasteiger charge is -2.16. The van der Waals surface area contributed by atoms with Gasteiger partial charge in [0.15, 0.2) is 0 Å². The van der Waals surface area contributed by atoms with E-state index in [2.05, 4.69) is 50.9 Å². The van der Waals surface area contributed by atoms with Crippen LogP contribution in [0.1, 0.15) is 11.3 Å². The van der Waals surface area contributed by atoms with Crippen LogP contribution in [0.4, 0.5) is 13.2 Å². The molecule has 5 rings (SSSR count). The maximum absolute atomic E-state index is 13.3. The molecule has 0 bridgehead atoms. The van der Waals surface area contributed by atoms with E-state index in [1.165, 1.54) is 16.3 Å². The highest BCUT2D eigenvalue weighted by atomic mass is 19.4. The standard InChI is InChI=1S/C24H20F3N5/c25-24(26,27)20-13-30-31-23(20)18-8-10-28-21(12-18)22-14-32(15-29-22)11-9-17-6-3-5-16-4-1-2-7-19(16)17/h1-8,12,14-15,28H,9-11,13H2. The minimum Gasteiger partial charge on any atom is -0.380 e. The van der Waals surface area contributed by atoms with Gasteiger partial charge in [0.05, 0.1) is 24.1 Å². The van der Waals surface area contributed by atoms with E-state index < -0.39 is 18.3 Å². The number of rotatable bonds is 5. The normalized spacial score (nSPS) is 16.3. The van der Waals surface area contributed by atoms with Gasteiger partial charge in [0.2, 0.25) is 0 Å². The van der Waals surface area contributed by atoms with Gasteiger partial charge in [-0.05, 0) is 28.8 Å². The highest BCUT2D eigenvalue weighted by Gasteiger charge is 2.39. The van der Waals surface area contributed by atoms with Gasteiger partial charge in [-0.15, -0.1) is 0 Å². The third kappa shape index (κ3) is 3.95. The Morgan fingerprint density at radius 3 is 2.78 bits per heavy atom. The quantitative estimate of drug-likeness (QED) is 0.581. The number of azo groups is 1. The second kappa shape index (κ2) is 8.11. The number of aryl methyl sites for hydroxylation is 2. The molecule has 2 aromatic carbocycles. The van der Waals surface area contributed by atoms with E-state index in [-0.39, 0.29) is 5.70 Å². The van der Waals surface area contributed by atoms with Gasteiger partial charge in [-0.1, -0.05) is 48.5 Å². The lowest BCUT2D eigenvalue weighted by Crippen LogP contribution is -2.19. The summed E-state index contributed by atoms with van der Waals surface area (Å²) in [7, 11) is 0. The van der Waals surface area contributed by atoms with Crippen molar-refractivity contribution in [3.8, 4) is 0 Å². The number of aromatic nitrogens is 2. The summed E-state index contributed by atoms with van der Waals surface area (Å²) < 4.78 is 41.8. The minimum absolute atomic E-state index is 0.105. The Morgan fingerprint density at radius 1 is 1.06 bits per heavy atom. The summed E-state index contributed by atoms with van der Waals surface area (Å²) in [4.78, 5) is 4.46. The molecular weight excluding hydrogens is 415 g/mol. The summed E-state index contributed by atoms with van der Waals surface area (Å²) in [5.41, 5.74) is 2.21. The number of benzene rings is 2. The molecule has 0 aliphatic carbocycles. The Bertz CT molecular complexity index is 1290. The van der Waals surface area contributed by atoms with Crippen LogP contribution in [0.2, 0.25) is 0 Å². The molecule has 2 aliphatic rings. The first-order valence-electron chi connectivity index (χ1n) is 10.3. The number of halogens is 3. The molecule has 8 heteroatoms. The molecule has 3 aromatic rings. The Labute approximate surface area is 182 Å². The van der Waals surface area contributed by atoms with Crippen LogP contribution in [0.5, 0.6) is 0 Å². The summed E-state index contributed by atoms with van der Waals surface area (Å²) in [5.74, 6) is 0. The van der Waals surface area contributed by atoms with Crippen molar-refractivity contribution in [1.29, 1.82) is 0 Å². The van der Waals surface area contributed by atoms with Crippen molar-refractivity contribution in [2.45, 2.75) is 19.1 Å². The molecule has 0 saturated carbocycles. The highest BCUT2D eigenvalue weighted by molar-refractivity contribution is 5.85. The fourth-order valence-corrected chi connectivity index (χ4v) is 4.02. The van der Waals surface area contributed by atoms with Crippen LogP contribution in [0.25, 0.3) is 16.5 Å². The van der Waals surface area contributed by atoms with Gasteiger partial charge >= 0.3 is 6.18 Å². The lowest BCUT2D eigenvalue weighted by molar-refractivity contribution is -0.0922. The van der Waals surface area contributed by atoms with Gasteiger partial charge < -0.3 is 9.88 Å². The SMILES string of the molecule is FC(F)(F)C1=C(C2=CCNC(c3cn(CCc4cccc5ccccc45)cn3)=C2)N=NC1. The van der Waals surface area contributed by atoms with E-state index in [9.17, 15) is 13.2 Å². The van der Waals surface area contributed by atoms with Crippen molar-refractivity contribution in [1.82, 2.24) is 14.9 Å². The second-order valence-electron chi connectivity index (χ2n) is 7.71. The maximum atomic E-state index is 13.3. The second-order valence-corrected chi connectivity index (χ2v) is 7.71. The first-order chi connectivity index (χ1) is 15.5. The largest absolute Gasteiger partial charge is 0.416 e. The van der Waals surface area contributed by atoms with Gasteiger partial charge in [0, 0.05) is 24.9 Å². The van der Waals surface area contributed by atoms with Gasteiger partial charge in [-0.2, -0.15) is 23.4 Å². The fraction of sp³-hybridized carbons (Fsp3) is 0.208. The monoisotopic (exact) mass is 435 g/mol. The zero-order valence-corrected chi connectivity index (χ0v) is 17.1. The number of fused-ring (bicyclic) bond motifs is 1. The van der Waals surface area contributed by atoms with E-state index in [0.29, 0.717) is 23.5 Å². The topological polar surface area (TPSA) is 54.6 Å². The molecule has 162 valence electrons. The Morgan fingerprint density at radius 2 is 1.91 bits per heavy atom. The van der Waals surface area contributed by atoms with Crippen LogP contribution >= 0.6 is 0 Å². The summed E-state index contributed by atoms with van der Waals surface area (Å²) in [6, 6.07) is 14.6. The molecular formula is C24H20F3N5. The molecule has 0 radical (unpaired) electrons. The number of hydrogen-bond acceptors (Lipinski definition) is 4. The summed E-state index contributed by atoms with van der Waals surface area (Å²) >= 11 is 0. The first kappa shape index (κ1) is 20.2. The molecule has 0 spiro atoms. The average Bonchev–Trinajstić information content (AvgIpc) is 3.48. The number of hydrogen-bond donors (Lipinski definition) is 1. The number of nitrogens with one attached hydrogen (secondary N) is 1. The molecule has 1 N–H and O–H groups in total. The molecule has 5 nitrogen and oxygen atoms in total. The van der Waals surface area contributed by atoms with Crippen LogP contribution in [-0.4, -0.2) is 28.8 Å². The van der Waals surface area contributed by atoms with E-state index in [1.807, 2.05) is 22.9 Å². The Hall–Kier alpha value is -3.68. The van der Waals surface area contributed by atoms with Crippen LogP contribution < -0.4 is 5.32 Å². The minimum atomic E-state index is -4.44. The van der Waals surface area contributed by atoms with Gasteiger partial charge in [-0.3, -0.25) is 0 Å². The maximum Gasteiger partial charge on any atom is 0.416 e. The molecule has 1 aromatic heterocycles. The zero-order valence-electron chi connectivity index (χ0n) is 17.1. The molecule has 0 amide bonds. The third-order valence-electron chi connectivity index (χ3n) is 5.64. The van der Waals surface area contributed by atoms with Crippen molar-refractivity contribution in [2.75, 3.05) is 13.1 Å². The number of allylic oxidation sites excluding steroid dienone is 1. The van der Waals surface area contributed by atoms with E-state index in [4.69, 9.17) is 0 Å². The van der Waals surface area contributed by atoms with Gasteiger partial charge in [0.25, 0.3) is 0 Å². The van der Waals surface area contributed by atoms with Crippen molar-refractivity contribution in [3.05, 3.63) is 95.2 Å². The summed E-state index contributed by atoms with van der Waals surface area (Å²) in [5, 5.41) is 13.0. The molecule has 0 atom stereocenters. The number of alkyl halides is 3. The average molecular weight is 435 g/mol. The number of nitrogens with zero attached hydrogens (tertiary/aromatic N) is 4. The van der Waals surface area contributed by atoms with Gasteiger partial charge in [0.1, 0.15) is 11.4 Å². The molecule has 32 heavy (non-hydrogen) atoms. The lowest BCUT2D eigenvalue weighted by atomic mass is 10.0. The molecule has 0 saturated heterocycles. The fourth-order valence-electron chi connectivity index (χ4n) is 4.02. The first-order valence-corrected chi connectivity index (χ1v) is 10.3. The summed E-state index contributed by atoms with van der Waals surface area (Å²) in [6.45, 7) is 0.707. The molecule has 0 fully saturated rings. The predicted octanol–water partition coefficient (Wildman–Crippen LogP) is 5.43. The highest BCUT2D eigenvalue weighted by Crippen LogP contribution is 2.36. The molecule has 0 unspecified atom stereocenters. The Kier molecular flexibility index (Phi) is 5.13. The van der Waals surface area contributed by atoms with Crippen molar-refractivity contribution >= 4 is 16.5 Å². The molecule has 3 heterocycles. The number of imidazole rings is 1. The molecule has 2 aliphatic heterocycles. The van der Waals surface area contributed by atoms with Crippen LogP contribution in [-0.2, 0) is 13.0 Å². The smallest absolute Gasteiger partial charge is 0.380 e. The predicted molar refractivity (Wildman–Crippen MR) is 117 cm³/mol. The van der Waals surface area contributed by atoms with Crippen LogP contribution in [0.15, 0.2) is 94.2 Å². The third-order valence-corrected chi connectivity index (χ3v) is 5.64. The van der Waals surface area contributed by atoms with Crippen molar-refractivity contribution < 1.29 is 13.2 Å². The zero-order chi connectivity index (χ0) is 22.1. The van der Waals surface area contributed by atoms with E-state index >= 15 is 0 Å².